The molecular weight excluding hydrogens is 425 g/mol. The largest absolute Gasteiger partial charge is 0.478 e. The second kappa shape index (κ2) is 7.97. The van der Waals surface area contributed by atoms with Gasteiger partial charge in [0.1, 0.15) is 5.75 Å². The minimum Gasteiger partial charge on any atom is -0.478 e. The molecule has 0 radical (unpaired) electrons. The molecule has 0 aliphatic carbocycles. The summed E-state index contributed by atoms with van der Waals surface area (Å²) in [4.78, 5) is 21.4. The van der Waals surface area contributed by atoms with Crippen LogP contribution >= 0.6 is 23.2 Å². The van der Waals surface area contributed by atoms with E-state index >= 15 is 0 Å². The number of hydrogen-bond donors (Lipinski definition) is 1. The second-order valence-electron chi connectivity index (χ2n) is 7.06. The average molecular weight is 442 g/mol. The quantitative estimate of drug-likeness (QED) is 0.411. The highest BCUT2D eigenvalue weighted by molar-refractivity contribution is 6.34. The van der Waals surface area contributed by atoms with Crippen LogP contribution in [0, 0.1) is 0 Å². The topological polar surface area (TPSA) is 77.2 Å². The van der Waals surface area contributed by atoms with Crippen LogP contribution in [0.3, 0.4) is 0 Å². The molecule has 8 heteroatoms. The molecular formula is C22H17Cl2N3O3. The Bertz CT molecular complexity index is 1190. The number of fused-ring (bicyclic) bond motifs is 1. The first-order chi connectivity index (χ1) is 14.3. The number of anilines is 1. The molecule has 0 unspecified atom stereocenters. The van der Waals surface area contributed by atoms with Gasteiger partial charge in [0.2, 0.25) is 5.89 Å². The first kappa shape index (κ1) is 20.2. The normalized spacial score (nSPS) is 11.5. The van der Waals surface area contributed by atoms with E-state index < -0.39 is 5.60 Å². The van der Waals surface area contributed by atoms with Crippen molar-refractivity contribution in [2.24, 2.45) is 0 Å². The van der Waals surface area contributed by atoms with Gasteiger partial charge < -0.3 is 14.5 Å². The van der Waals surface area contributed by atoms with Crippen molar-refractivity contribution >= 4 is 46.0 Å². The van der Waals surface area contributed by atoms with Gasteiger partial charge in [-0.15, -0.1) is 0 Å². The van der Waals surface area contributed by atoms with Crippen LogP contribution in [0.2, 0.25) is 10.0 Å². The minimum atomic E-state index is -1.16. The molecule has 4 rings (SSSR count). The Morgan fingerprint density at radius 1 is 1.10 bits per heavy atom. The second-order valence-corrected chi connectivity index (χ2v) is 7.90. The molecule has 6 nitrogen and oxygen atoms in total. The van der Waals surface area contributed by atoms with Crippen molar-refractivity contribution in [1.29, 1.82) is 0 Å². The molecule has 0 saturated heterocycles. The number of carbonyl (C=O) groups is 1. The molecule has 2 aromatic heterocycles. The number of benzene rings is 2. The summed E-state index contributed by atoms with van der Waals surface area (Å²) in [5.74, 6) is 0.543. The number of nitrogens with one attached hydrogen (secondary N) is 1. The van der Waals surface area contributed by atoms with Crippen molar-refractivity contribution in [3.8, 4) is 17.2 Å². The molecule has 1 N–H and O–H groups in total. The lowest BCUT2D eigenvalue weighted by Gasteiger charge is -2.25. The van der Waals surface area contributed by atoms with Crippen molar-refractivity contribution in [2.45, 2.75) is 19.4 Å². The molecule has 0 bridgehead atoms. The smallest absolute Gasteiger partial charge is 0.268 e. The highest BCUT2D eigenvalue weighted by atomic mass is 35.5. The Morgan fingerprint density at radius 3 is 2.60 bits per heavy atom. The molecule has 1 amide bonds. The number of pyridine rings is 1. The van der Waals surface area contributed by atoms with Crippen LogP contribution in [0.4, 0.5) is 5.69 Å². The number of halogens is 2. The fraction of sp³-hybridized carbons (Fsp3) is 0.136. The molecule has 0 atom stereocenters. The van der Waals surface area contributed by atoms with E-state index in [0.717, 1.165) is 0 Å². The van der Waals surface area contributed by atoms with Crippen molar-refractivity contribution in [1.82, 2.24) is 9.97 Å². The Balaban J connectivity index is 1.56. The van der Waals surface area contributed by atoms with Gasteiger partial charge in [0.25, 0.3) is 5.91 Å². The fourth-order valence-electron chi connectivity index (χ4n) is 2.76. The number of aromatic nitrogens is 2. The van der Waals surface area contributed by atoms with Gasteiger partial charge in [-0.2, -0.15) is 4.98 Å². The molecule has 0 aliphatic rings. The van der Waals surface area contributed by atoms with Crippen LogP contribution in [0.15, 0.2) is 65.2 Å². The Hall–Kier alpha value is -3.09. The number of carbonyl (C=O) groups excluding carboxylic acids is 1. The van der Waals surface area contributed by atoms with Crippen LogP contribution in [0.25, 0.3) is 22.7 Å². The highest BCUT2D eigenvalue weighted by Crippen LogP contribution is 2.31. The SMILES string of the molecule is CC(C)(Oc1ccc(Cl)cc1)C(=O)Nc1cc(-c2nc3ncccc3o2)ccc1Cl. The van der Waals surface area contributed by atoms with Crippen molar-refractivity contribution in [2.75, 3.05) is 5.32 Å². The van der Waals surface area contributed by atoms with E-state index in [0.29, 0.717) is 44.2 Å². The average Bonchev–Trinajstić information content (AvgIpc) is 3.15. The number of amides is 1. The van der Waals surface area contributed by atoms with Crippen molar-refractivity contribution in [3.05, 3.63) is 70.8 Å². The number of hydrogen-bond acceptors (Lipinski definition) is 5. The first-order valence-corrected chi connectivity index (χ1v) is 9.85. The van der Waals surface area contributed by atoms with Gasteiger partial charge >= 0.3 is 0 Å². The van der Waals surface area contributed by atoms with Crippen LogP contribution in [0.1, 0.15) is 13.8 Å². The summed E-state index contributed by atoms with van der Waals surface area (Å²) in [5, 5.41) is 3.78. The molecule has 2 heterocycles. The Kier molecular flexibility index (Phi) is 5.37. The van der Waals surface area contributed by atoms with Gasteiger partial charge in [-0.3, -0.25) is 4.79 Å². The van der Waals surface area contributed by atoms with E-state index in [1.54, 1.807) is 74.6 Å². The number of rotatable bonds is 5. The van der Waals surface area contributed by atoms with E-state index in [2.05, 4.69) is 15.3 Å². The Morgan fingerprint density at radius 2 is 1.87 bits per heavy atom. The molecule has 30 heavy (non-hydrogen) atoms. The van der Waals surface area contributed by atoms with Gasteiger partial charge in [-0.05, 0) is 68.4 Å². The summed E-state index contributed by atoms with van der Waals surface area (Å²) in [6.07, 6.45) is 1.64. The predicted molar refractivity (Wildman–Crippen MR) is 117 cm³/mol. The maximum atomic E-state index is 12.9. The Labute approximate surface area is 182 Å². The molecule has 2 aromatic carbocycles. The van der Waals surface area contributed by atoms with Crippen LogP contribution in [-0.2, 0) is 4.79 Å². The van der Waals surface area contributed by atoms with Crippen LogP contribution in [-0.4, -0.2) is 21.5 Å². The van der Waals surface area contributed by atoms with E-state index in [9.17, 15) is 4.79 Å². The van der Waals surface area contributed by atoms with E-state index in [-0.39, 0.29) is 5.91 Å². The van der Waals surface area contributed by atoms with E-state index in [1.165, 1.54) is 0 Å². The summed E-state index contributed by atoms with van der Waals surface area (Å²) in [7, 11) is 0. The van der Waals surface area contributed by atoms with Gasteiger partial charge in [0.15, 0.2) is 16.8 Å². The summed E-state index contributed by atoms with van der Waals surface area (Å²) in [6.45, 7) is 3.34. The molecule has 4 aromatic rings. The molecule has 152 valence electrons. The van der Waals surface area contributed by atoms with Crippen molar-refractivity contribution in [3.63, 3.8) is 0 Å². The molecule has 0 spiro atoms. The third-order valence-electron chi connectivity index (χ3n) is 4.36. The van der Waals surface area contributed by atoms with E-state index in [1.807, 2.05) is 0 Å². The number of nitrogens with zero attached hydrogens (tertiary/aromatic N) is 2. The lowest BCUT2D eigenvalue weighted by atomic mass is 10.1. The van der Waals surface area contributed by atoms with Gasteiger partial charge in [0, 0.05) is 16.8 Å². The molecule has 0 fully saturated rings. The van der Waals surface area contributed by atoms with Crippen molar-refractivity contribution < 1.29 is 13.9 Å². The summed E-state index contributed by atoms with van der Waals surface area (Å²) in [6, 6.07) is 15.5. The highest BCUT2D eigenvalue weighted by Gasteiger charge is 2.30. The predicted octanol–water partition coefficient (Wildman–Crippen LogP) is 5.99. The van der Waals surface area contributed by atoms with E-state index in [4.69, 9.17) is 32.4 Å². The van der Waals surface area contributed by atoms with Crippen LogP contribution in [0.5, 0.6) is 5.75 Å². The van der Waals surface area contributed by atoms with Crippen LogP contribution < -0.4 is 10.1 Å². The number of ether oxygens (including phenoxy) is 1. The third-order valence-corrected chi connectivity index (χ3v) is 4.94. The number of oxazole rings is 1. The fourth-order valence-corrected chi connectivity index (χ4v) is 3.05. The van der Waals surface area contributed by atoms with Gasteiger partial charge in [-0.25, -0.2) is 4.98 Å². The standard InChI is InChI=1S/C22H17Cl2N3O3/c1-22(2,30-15-8-6-14(23)7-9-15)21(28)26-17-12-13(5-10-16(17)24)20-27-19-18(29-20)4-3-11-25-19/h3-12H,1-2H3,(H,26,28). The van der Waals surface area contributed by atoms with Gasteiger partial charge in [0.05, 0.1) is 10.7 Å². The first-order valence-electron chi connectivity index (χ1n) is 9.09. The summed E-state index contributed by atoms with van der Waals surface area (Å²) in [5.41, 5.74) is 0.997. The third kappa shape index (κ3) is 4.25. The summed E-state index contributed by atoms with van der Waals surface area (Å²) < 4.78 is 11.6. The maximum absolute atomic E-state index is 12.9. The lowest BCUT2D eigenvalue weighted by molar-refractivity contribution is -0.128. The monoisotopic (exact) mass is 441 g/mol. The summed E-state index contributed by atoms with van der Waals surface area (Å²) >= 11 is 12.2. The van der Waals surface area contributed by atoms with Gasteiger partial charge in [-0.1, -0.05) is 23.2 Å². The zero-order valence-electron chi connectivity index (χ0n) is 16.1. The lowest BCUT2D eigenvalue weighted by Crippen LogP contribution is -2.42. The molecule has 0 saturated carbocycles. The zero-order chi connectivity index (χ0) is 21.3. The zero-order valence-corrected chi connectivity index (χ0v) is 17.7. The minimum absolute atomic E-state index is 0.365. The maximum Gasteiger partial charge on any atom is 0.268 e. The molecule has 0 aliphatic heterocycles.